The lowest BCUT2D eigenvalue weighted by molar-refractivity contribution is 1.26. The lowest BCUT2D eigenvalue weighted by atomic mass is 10.1. The van der Waals surface area contributed by atoms with Crippen LogP contribution in [0.3, 0.4) is 0 Å². The fourth-order valence-corrected chi connectivity index (χ4v) is 10.0. The molecule has 0 aliphatic carbocycles. The fraction of sp³-hybridized carbons (Fsp3) is 0.238. The Balaban J connectivity index is 2.14. The summed E-state index contributed by atoms with van der Waals surface area (Å²) in [7, 11) is -3.34. The second kappa shape index (κ2) is 7.47. The summed E-state index contributed by atoms with van der Waals surface area (Å²) >= 11 is 0. The van der Waals surface area contributed by atoms with Gasteiger partial charge in [0.2, 0.25) is 0 Å². The Bertz CT molecular complexity index is 634. The van der Waals surface area contributed by atoms with E-state index in [1.165, 1.54) is 16.7 Å². The van der Waals surface area contributed by atoms with E-state index >= 15 is 0 Å². The van der Waals surface area contributed by atoms with Gasteiger partial charge in [-0.3, -0.25) is 0 Å². The van der Waals surface area contributed by atoms with Crippen molar-refractivity contribution in [1.82, 2.24) is 0 Å². The van der Waals surface area contributed by atoms with Crippen molar-refractivity contribution in [3.05, 3.63) is 83.9 Å². The topological polar surface area (TPSA) is 26.0 Å². The SMILES string of the molecule is C=Cc1ccc(C[Si](C)(C)[Si](C)(N)Cc2ccc(C=C)cc2)cc1. The second-order valence-electron chi connectivity index (χ2n) is 7.55. The van der Waals surface area contributed by atoms with Crippen molar-refractivity contribution in [2.45, 2.75) is 31.7 Å². The molecule has 2 rings (SSSR count). The monoisotopic (exact) mass is 351 g/mol. The second-order valence-corrected chi connectivity index (χ2v) is 22.3. The van der Waals surface area contributed by atoms with Gasteiger partial charge in [-0.1, -0.05) is 99.0 Å². The Morgan fingerprint density at radius 2 is 1.12 bits per heavy atom. The summed E-state index contributed by atoms with van der Waals surface area (Å²) in [5.41, 5.74) is 5.11. The minimum absolute atomic E-state index is 1.05. The van der Waals surface area contributed by atoms with E-state index < -0.39 is 15.3 Å². The van der Waals surface area contributed by atoms with Crippen LogP contribution in [0.2, 0.25) is 19.6 Å². The number of hydrogen-bond donors (Lipinski definition) is 1. The Kier molecular flexibility index (Phi) is 5.80. The van der Waals surface area contributed by atoms with Crippen molar-refractivity contribution in [3.8, 4) is 0 Å². The first kappa shape index (κ1) is 18.6. The van der Waals surface area contributed by atoms with Gasteiger partial charge in [-0.25, -0.2) is 0 Å². The molecule has 1 nitrogen and oxygen atoms in total. The normalized spacial score (nSPS) is 14.0. The Morgan fingerprint density at radius 1 is 0.750 bits per heavy atom. The van der Waals surface area contributed by atoms with E-state index in [0.717, 1.165) is 17.7 Å². The number of benzene rings is 2. The van der Waals surface area contributed by atoms with Crippen molar-refractivity contribution in [1.29, 1.82) is 0 Å². The highest BCUT2D eigenvalue weighted by molar-refractivity contribution is 7.39. The molecule has 1 unspecified atom stereocenters. The number of rotatable bonds is 7. The molecule has 24 heavy (non-hydrogen) atoms. The summed E-state index contributed by atoms with van der Waals surface area (Å²) < 4.78 is 0. The van der Waals surface area contributed by atoms with Crippen LogP contribution >= 0.6 is 0 Å². The highest BCUT2D eigenvalue weighted by Gasteiger charge is 2.41. The summed E-state index contributed by atoms with van der Waals surface area (Å²) in [6.45, 7) is 14.9. The average molecular weight is 352 g/mol. The largest absolute Gasteiger partial charge is 0.352 e. The van der Waals surface area contributed by atoms with E-state index in [2.05, 4.69) is 81.3 Å². The molecule has 1 atom stereocenters. The molecule has 0 bridgehead atoms. The number of nitrogens with two attached hydrogens (primary N) is 1. The molecule has 0 aromatic heterocycles. The van der Waals surface area contributed by atoms with E-state index in [4.69, 9.17) is 5.40 Å². The van der Waals surface area contributed by atoms with Gasteiger partial charge in [-0.2, -0.15) is 0 Å². The van der Waals surface area contributed by atoms with Crippen LogP contribution in [0.15, 0.2) is 61.7 Å². The lowest BCUT2D eigenvalue weighted by Gasteiger charge is -2.38. The minimum atomic E-state index is -1.81. The highest BCUT2D eigenvalue weighted by Crippen LogP contribution is 2.24. The third-order valence-electron chi connectivity index (χ3n) is 5.19. The zero-order chi connectivity index (χ0) is 17.8. The molecule has 3 heteroatoms. The Morgan fingerprint density at radius 3 is 1.50 bits per heavy atom. The van der Waals surface area contributed by atoms with Crippen molar-refractivity contribution >= 4 is 27.5 Å². The summed E-state index contributed by atoms with van der Waals surface area (Å²) in [5.74, 6) is 0. The van der Waals surface area contributed by atoms with Gasteiger partial charge in [-0.05, 0) is 28.8 Å². The Labute approximate surface area is 148 Å². The van der Waals surface area contributed by atoms with Gasteiger partial charge in [0.05, 0.1) is 7.59 Å². The van der Waals surface area contributed by atoms with Gasteiger partial charge in [0.25, 0.3) is 0 Å². The molecule has 2 aromatic carbocycles. The molecule has 0 heterocycles. The van der Waals surface area contributed by atoms with Crippen LogP contribution in [0, 0.1) is 0 Å². The summed E-state index contributed by atoms with van der Waals surface area (Å²) in [5, 5.41) is 6.97. The smallest absolute Gasteiger partial charge is 0.114 e. The highest BCUT2D eigenvalue weighted by atomic mass is 29.3. The molecule has 0 fully saturated rings. The van der Waals surface area contributed by atoms with E-state index in [0.29, 0.717) is 0 Å². The van der Waals surface area contributed by atoms with Gasteiger partial charge in [-0.15, -0.1) is 0 Å². The summed E-state index contributed by atoms with van der Waals surface area (Å²) in [6.07, 6.45) is 3.77. The molecule has 2 N–H and O–H groups in total. The van der Waals surface area contributed by atoms with Crippen LogP contribution in [0.5, 0.6) is 0 Å². The maximum atomic E-state index is 6.97. The van der Waals surface area contributed by atoms with Crippen molar-refractivity contribution < 1.29 is 0 Å². The lowest BCUT2D eigenvalue weighted by Crippen LogP contribution is -2.67. The van der Waals surface area contributed by atoms with Crippen LogP contribution < -0.4 is 5.40 Å². The minimum Gasteiger partial charge on any atom is -0.352 e. The van der Waals surface area contributed by atoms with E-state index in [-0.39, 0.29) is 0 Å². The molecule has 126 valence electrons. The molecule has 0 saturated carbocycles. The molecule has 0 aliphatic rings. The third kappa shape index (κ3) is 4.44. The van der Waals surface area contributed by atoms with E-state index in [9.17, 15) is 0 Å². The summed E-state index contributed by atoms with van der Waals surface area (Å²) in [6, 6.07) is 19.6. The van der Waals surface area contributed by atoms with Crippen LogP contribution in [0.4, 0.5) is 0 Å². The van der Waals surface area contributed by atoms with Crippen molar-refractivity contribution in [2.75, 3.05) is 0 Å². The first-order valence-electron chi connectivity index (χ1n) is 8.49. The van der Waals surface area contributed by atoms with Gasteiger partial charge in [0.1, 0.15) is 7.75 Å². The van der Waals surface area contributed by atoms with E-state index in [1.54, 1.807) is 0 Å². The molecule has 0 saturated heterocycles. The molecular weight excluding hydrogens is 322 g/mol. The van der Waals surface area contributed by atoms with Gasteiger partial charge in [0.15, 0.2) is 0 Å². The zero-order valence-electron chi connectivity index (χ0n) is 15.2. The molecule has 0 amide bonds. The maximum absolute atomic E-state index is 6.97. The van der Waals surface area contributed by atoms with Crippen LogP contribution in [0.25, 0.3) is 12.2 Å². The van der Waals surface area contributed by atoms with Crippen LogP contribution in [-0.4, -0.2) is 15.3 Å². The van der Waals surface area contributed by atoms with Gasteiger partial charge >= 0.3 is 0 Å². The molecule has 0 radical (unpaired) electrons. The van der Waals surface area contributed by atoms with Crippen molar-refractivity contribution in [2.24, 2.45) is 5.40 Å². The van der Waals surface area contributed by atoms with Crippen LogP contribution in [0.1, 0.15) is 22.3 Å². The standard InChI is InChI=1S/C21H29NSi2/c1-6-18-8-12-20(13-9-18)16-23(3,4)24(5,22)17-21-14-10-19(7-2)11-15-21/h6-15H,1-2,16-17,22H2,3-5H3. The molecule has 0 aliphatic heterocycles. The fourth-order valence-electron chi connectivity index (χ4n) is 2.92. The first-order chi connectivity index (χ1) is 11.3. The van der Waals surface area contributed by atoms with Crippen molar-refractivity contribution in [3.63, 3.8) is 0 Å². The van der Waals surface area contributed by atoms with Gasteiger partial charge < -0.3 is 5.40 Å². The molecular formula is C21H29NSi2. The van der Waals surface area contributed by atoms with E-state index in [1.807, 2.05) is 12.2 Å². The predicted molar refractivity (Wildman–Crippen MR) is 114 cm³/mol. The average Bonchev–Trinajstić information content (AvgIpc) is 2.55. The summed E-state index contributed by atoms with van der Waals surface area (Å²) in [4.78, 5) is 0. The van der Waals surface area contributed by atoms with Crippen LogP contribution in [-0.2, 0) is 12.1 Å². The third-order valence-corrected chi connectivity index (χ3v) is 21.1. The predicted octanol–water partition coefficient (Wildman–Crippen LogP) is 5.16. The van der Waals surface area contributed by atoms with Gasteiger partial charge in [0, 0.05) is 0 Å². The first-order valence-corrected chi connectivity index (χ1v) is 15.5. The Hall–Kier alpha value is -1.69. The molecule has 2 aromatic rings. The quantitative estimate of drug-likeness (QED) is 0.685. The zero-order valence-corrected chi connectivity index (χ0v) is 17.2. The maximum Gasteiger partial charge on any atom is 0.114 e. The number of hydrogen-bond acceptors (Lipinski definition) is 1. The molecule has 0 spiro atoms.